The molecule has 1 saturated heterocycles. The molecule has 2 aliphatic rings. The zero-order valence-electron chi connectivity index (χ0n) is 21.4. The molecule has 3 aromatic rings. The molecule has 0 unspecified atom stereocenters. The molecule has 2 fully saturated rings. The number of hydrogen-bond donors (Lipinski definition) is 2. The van der Waals surface area contributed by atoms with Crippen LogP contribution < -0.4 is 10.2 Å². The van der Waals surface area contributed by atoms with Crippen molar-refractivity contribution in [1.29, 1.82) is 0 Å². The summed E-state index contributed by atoms with van der Waals surface area (Å²) in [6.45, 7) is 1.54. The zero-order valence-corrected chi connectivity index (χ0v) is 22.2. The predicted molar refractivity (Wildman–Crippen MR) is 146 cm³/mol. The fourth-order valence-electron chi connectivity index (χ4n) is 5.35. The van der Waals surface area contributed by atoms with Crippen LogP contribution in [0, 0.1) is 0 Å². The molecule has 3 aromatic carbocycles. The Kier molecular flexibility index (Phi) is 7.83. The van der Waals surface area contributed by atoms with Crippen LogP contribution in [0.3, 0.4) is 0 Å². The Hall–Kier alpha value is -3.20. The van der Waals surface area contributed by atoms with Gasteiger partial charge in [-0.25, -0.2) is 13.9 Å². The molecule has 1 aliphatic heterocycles. The van der Waals surface area contributed by atoms with Gasteiger partial charge in [0, 0.05) is 19.1 Å². The molecule has 8 heteroatoms. The maximum atomic E-state index is 13.6. The minimum absolute atomic E-state index is 0.0612. The summed E-state index contributed by atoms with van der Waals surface area (Å²) in [5.74, 6) is -0.282. The van der Waals surface area contributed by atoms with Crippen LogP contribution in [0.4, 0.5) is 0 Å². The quantitative estimate of drug-likeness (QED) is 0.224. The molecule has 1 heterocycles. The number of hydroxylamine groups is 1. The number of hydrogen-bond acceptors (Lipinski definition) is 6. The highest BCUT2D eigenvalue weighted by Crippen LogP contribution is 2.39. The van der Waals surface area contributed by atoms with Crippen molar-refractivity contribution in [2.24, 2.45) is 0 Å². The number of aryl methyl sites for hydroxylation is 1. The van der Waals surface area contributed by atoms with E-state index in [-0.39, 0.29) is 17.7 Å². The Bertz CT molecular complexity index is 1350. The number of carbonyl (C=O) groups is 1. The summed E-state index contributed by atoms with van der Waals surface area (Å²) in [4.78, 5) is 15.0. The smallest absolute Gasteiger partial charge is 0.265 e. The van der Waals surface area contributed by atoms with Gasteiger partial charge in [-0.2, -0.15) is 0 Å². The van der Waals surface area contributed by atoms with Crippen LogP contribution in [0.1, 0.15) is 37.7 Å². The second kappa shape index (κ2) is 11.3. The molecule has 1 aliphatic carbocycles. The summed E-state index contributed by atoms with van der Waals surface area (Å²) < 4.78 is 31.5. The van der Waals surface area contributed by atoms with E-state index in [2.05, 4.69) is 41.3 Å². The Morgan fingerprint density at radius 2 is 1.63 bits per heavy atom. The van der Waals surface area contributed by atoms with Crippen molar-refractivity contribution in [3.8, 4) is 16.9 Å². The van der Waals surface area contributed by atoms with Gasteiger partial charge in [0.05, 0.1) is 11.5 Å². The van der Waals surface area contributed by atoms with Gasteiger partial charge in [0.25, 0.3) is 5.91 Å². The normalized spacial score (nSPS) is 17.6. The highest BCUT2D eigenvalue weighted by atomic mass is 32.2. The lowest BCUT2D eigenvalue weighted by Crippen LogP contribution is -2.58. The van der Waals surface area contributed by atoms with Gasteiger partial charge in [-0.15, -0.1) is 0 Å². The van der Waals surface area contributed by atoms with E-state index in [9.17, 15) is 18.4 Å². The Balaban J connectivity index is 1.19. The van der Waals surface area contributed by atoms with Gasteiger partial charge in [-0.3, -0.25) is 10.0 Å². The van der Waals surface area contributed by atoms with Crippen LogP contribution in [0.2, 0.25) is 0 Å². The maximum Gasteiger partial charge on any atom is 0.265 e. The number of nitrogens with one attached hydrogen (secondary N) is 1. The van der Waals surface area contributed by atoms with Crippen molar-refractivity contribution in [3.63, 3.8) is 0 Å². The summed E-state index contributed by atoms with van der Waals surface area (Å²) in [7, 11) is -4.02. The van der Waals surface area contributed by atoms with Gasteiger partial charge in [-0.05, 0) is 79.5 Å². The number of rotatable bonds is 10. The summed E-state index contributed by atoms with van der Waals surface area (Å²) in [6.07, 6.45) is 4.23. The first-order valence-electron chi connectivity index (χ1n) is 13.2. The third-order valence-electron chi connectivity index (χ3n) is 7.75. The van der Waals surface area contributed by atoms with E-state index < -0.39 is 20.5 Å². The maximum absolute atomic E-state index is 13.6. The molecule has 38 heavy (non-hydrogen) atoms. The van der Waals surface area contributed by atoms with Crippen LogP contribution in [-0.2, 0) is 21.1 Å². The highest BCUT2D eigenvalue weighted by molar-refractivity contribution is 7.93. The first kappa shape index (κ1) is 26.4. The Labute approximate surface area is 224 Å². The molecule has 200 valence electrons. The zero-order chi connectivity index (χ0) is 26.6. The fraction of sp³-hybridized carbons (Fsp3) is 0.367. The van der Waals surface area contributed by atoms with Crippen molar-refractivity contribution >= 4 is 15.7 Å². The van der Waals surface area contributed by atoms with Crippen molar-refractivity contribution in [2.45, 2.75) is 54.2 Å². The van der Waals surface area contributed by atoms with E-state index in [0.717, 1.165) is 25.7 Å². The minimum atomic E-state index is -4.02. The van der Waals surface area contributed by atoms with Gasteiger partial charge in [-0.1, -0.05) is 54.6 Å². The van der Waals surface area contributed by atoms with Gasteiger partial charge >= 0.3 is 0 Å². The predicted octanol–water partition coefficient (Wildman–Crippen LogP) is 4.64. The van der Waals surface area contributed by atoms with E-state index in [0.29, 0.717) is 31.5 Å². The average Bonchev–Trinajstić information content (AvgIpc) is 3.81. The van der Waals surface area contributed by atoms with E-state index in [1.54, 1.807) is 17.6 Å². The molecule has 1 amide bonds. The number of carbonyl (C=O) groups excluding carboxylic acids is 1. The number of benzene rings is 3. The summed E-state index contributed by atoms with van der Waals surface area (Å²) in [5.41, 5.74) is 5.23. The van der Waals surface area contributed by atoms with Gasteiger partial charge in [0.15, 0.2) is 14.6 Å². The van der Waals surface area contributed by atoms with Crippen LogP contribution in [0.15, 0.2) is 83.8 Å². The first-order chi connectivity index (χ1) is 18.4. The molecule has 2 N–H and O–H groups in total. The van der Waals surface area contributed by atoms with E-state index in [1.807, 2.05) is 18.2 Å². The van der Waals surface area contributed by atoms with Crippen molar-refractivity contribution < 1.29 is 23.2 Å². The molecule has 7 nitrogen and oxygen atoms in total. The number of nitrogens with zero attached hydrogens (tertiary/aromatic N) is 1. The fourth-order valence-corrected chi connectivity index (χ4v) is 7.31. The molecule has 0 radical (unpaired) electrons. The monoisotopic (exact) mass is 534 g/mol. The summed E-state index contributed by atoms with van der Waals surface area (Å²) in [5, 5.41) is 9.37. The van der Waals surface area contributed by atoms with Gasteiger partial charge < -0.3 is 9.64 Å². The lowest BCUT2D eigenvalue weighted by atomic mass is 9.94. The van der Waals surface area contributed by atoms with Crippen molar-refractivity contribution in [1.82, 2.24) is 10.4 Å². The standard InChI is InChI=1S/C30H34N2O5S/c33-29(31-34)30(17-19-32(20-18-30)26-11-12-26)38(35,36)28-15-13-27(14-16-28)37-21-5-7-23-6-4-10-25(22-23)24-8-2-1-3-9-24/h1-4,6,8-10,13-16,22,26,34H,5,7,11-12,17-21H2,(H,31,33). The van der Waals surface area contributed by atoms with Crippen LogP contribution in [0.25, 0.3) is 11.1 Å². The molecular formula is C30H34N2O5S. The van der Waals surface area contributed by atoms with Gasteiger partial charge in [0.1, 0.15) is 5.75 Å². The molecule has 1 saturated carbocycles. The number of amides is 1. The SMILES string of the molecule is O=C(NO)C1(S(=O)(=O)c2ccc(OCCCc3cccc(-c4ccccc4)c3)cc2)CCN(C2CC2)CC1. The molecule has 0 atom stereocenters. The Morgan fingerprint density at radius 1 is 0.947 bits per heavy atom. The van der Waals surface area contributed by atoms with Crippen molar-refractivity contribution in [3.05, 3.63) is 84.4 Å². The highest BCUT2D eigenvalue weighted by Gasteiger charge is 2.53. The van der Waals surface area contributed by atoms with E-state index >= 15 is 0 Å². The molecule has 5 rings (SSSR count). The van der Waals surface area contributed by atoms with Crippen molar-refractivity contribution in [2.75, 3.05) is 19.7 Å². The first-order valence-corrected chi connectivity index (χ1v) is 14.7. The van der Waals surface area contributed by atoms with Crippen LogP contribution in [0.5, 0.6) is 5.75 Å². The second-order valence-corrected chi connectivity index (χ2v) is 12.5. The molecular weight excluding hydrogens is 500 g/mol. The lowest BCUT2D eigenvalue weighted by Gasteiger charge is -2.39. The third kappa shape index (κ3) is 5.48. The number of piperidine rings is 1. The van der Waals surface area contributed by atoms with Gasteiger partial charge in [0.2, 0.25) is 0 Å². The minimum Gasteiger partial charge on any atom is -0.494 e. The average molecular weight is 535 g/mol. The number of ether oxygens (including phenoxy) is 1. The van der Waals surface area contributed by atoms with E-state index in [4.69, 9.17) is 4.74 Å². The number of likely N-dealkylation sites (tertiary alicyclic amines) is 1. The Morgan fingerprint density at radius 3 is 2.29 bits per heavy atom. The largest absolute Gasteiger partial charge is 0.494 e. The third-order valence-corrected chi connectivity index (χ3v) is 10.3. The lowest BCUT2D eigenvalue weighted by molar-refractivity contribution is -0.133. The van der Waals surface area contributed by atoms with Crippen LogP contribution in [-0.4, -0.2) is 54.9 Å². The molecule has 0 aromatic heterocycles. The molecule has 0 spiro atoms. The number of sulfone groups is 1. The second-order valence-electron chi connectivity index (χ2n) is 10.2. The molecule has 0 bridgehead atoms. The summed E-state index contributed by atoms with van der Waals surface area (Å²) >= 11 is 0. The topological polar surface area (TPSA) is 95.9 Å². The van der Waals surface area contributed by atoms with Crippen LogP contribution >= 0.6 is 0 Å². The summed E-state index contributed by atoms with van der Waals surface area (Å²) in [6, 6.07) is 25.5. The van der Waals surface area contributed by atoms with E-state index in [1.165, 1.54) is 28.8 Å².